The molecule has 1 N–H and O–H groups in total. The van der Waals surface area contributed by atoms with Crippen LogP contribution in [0.5, 0.6) is 0 Å². The lowest BCUT2D eigenvalue weighted by atomic mass is 9.96. The predicted octanol–water partition coefficient (Wildman–Crippen LogP) is 4.70. The second-order valence-electron chi connectivity index (χ2n) is 5.84. The van der Waals surface area contributed by atoms with Crippen molar-refractivity contribution in [3.05, 3.63) is 70.8 Å². The Balaban J connectivity index is 1.77. The van der Waals surface area contributed by atoms with E-state index in [1.54, 1.807) is 0 Å². The van der Waals surface area contributed by atoms with Gasteiger partial charge in [-0.05, 0) is 59.5 Å². The van der Waals surface area contributed by atoms with Crippen molar-refractivity contribution in [2.45, 2.75) is 6.92 Å². The average molecular weight is 362 g/mol. The van der Waals surface area contributed by atoms with Gasteiger partial charge in [0.15, 0.2) is 0 Å². The molecule has 25 heavy (non-hydrogen) atoms. The van der Waals surface area contributed by atoms with Crippen molar-refractivity contribution in [1.29, 1.82) is 0 Å². The van der Waals surface area contributed by atoms with Crippen molar-refractivity contribution in [3.8, 4) is 11.1 Å². The summed E-state index contributed by atoms with van der Waals surface area (Å²) in [6.07, 6.45) is 3.68. The van der Waals surface area contributed by atoms with Crippen molar-refractivity contribution < 1.29 is 4.79 Å². The second-order valence-corrected chi connectivity index (χ2v) is 7.56. The molecule has 1 aliphatic heterocycles. The van der Waals surface area contributed by atoms with Gasteiger partial charge in [-0.2, -0.15) is 0 Å². The number of hydrogen-bond acceptors (Lipinski definition) is 4. The van der Waals surface area contributed by atoms with Gasteiger partial charge in [-0.1, -0.05) is 48.2 Å². The average Bonchev–Trinajstić information content (AvgIpc) is 2.91. The molecule has 2 aromatic carbocycles. The van der Waals surface area contributed by atoms with E-state index >= 15 is 0 Å². The van der Waals surface area contributed by atoms with Crippen molar-refractivity contribution in [1.82, 2.24) is 10.3 Å². The van der Waals surface area contributed by atoms with Crippen LogP contribution >= 0.6 is 24.0 Å². The molecule has 1 aliphatic rings. The van der Waals surface area contributed by atoms with Crippen LogP contribution < -0.4 is 5.32 Å². The summed E-state index contributed by atoms with van der Waals surface area (Å²) in [6.45, 7) is 2.09. The van der Waals surface area contributed by atoms with Gasteiger partial charge in [0.05, 0.1) is 10.4 Å². The Hall–Kier alpha value is -2.50. The van der Waals surface area contributed by atoms with E-state index in [0.29, 0.717) is 9.23 Å². The number of fused-ring (bicyclic) bond motifs is 1. The molecule has 1 amide bonds. The molecule has 0 atom stereocenters. The fraction of sp³-hybridized carbons (Fsp3) is 0.0500. The molecule has 1 fully saturated rings. The van der Waals surface area contributed by atoms with Crippen molar-refractivity contribution >= 4 is 51.2 Å². The summed E-state index contributed by atoms with van der Waals surface area (Å²) in [5, 5.41) is 3.76. The van der Waals surface area contributed by atoms with Gasteiger partial charge in [0, 0.05) is 11.6 Å². The summed E-state index contributed by atoms with van der Waals surface area (Å²) < 4.78 is 0.505. The van der Waals surface area contributed by atoms with Crippen LogP contribution in [-0.4, -0.2) is 15.2 Å². The van der Waals surface area contributed by atoms with Gasteiger partial charge in [-0.15, -0.1) is 0 Å². The van der Waals surface area contributed by atoms with Crippen LogP contribution in [0.1, 0.15) is 11.1 Å². The molecule has 0 unspecified atom stereocenters. The van der Waals surface area contributed by atoms with Crippen LogP contribution in [0.15, 0.2) is 59.6 Å². The molecule has 0 spiro atoms. The van der Waals surface area contributed by atoms with Crippen LogP contribution in [0, 0.1) is 6.92 Å². The van der Waals surface area contributed by atoms with Crippen molar-refractivity contribution in [3.63, 3.8) is 0 Å². The lowest BCUT2D eigenvalue weighted by Crippen LogP contribution is -2.17. The molecule has 0 aliphatic carbocycles. The molecule has 2 heterocycles. The van der Waals surface area contributed by atoms with Crippen LogP contribution in [0.4, 0.5) is 0 Å². The molecular weight excluding hydrogens is 348 g/mol. The van der Waals surface area contributed by atoms with Gasteiger partial charge >= 0.3 is 0 Å². The Morgan fingerprint density at radius 1 is 1.16 bits per heavy atom. The quantitative estimate of drug-likeness (QED) is 0.530. The number of nitrogens with zero attached hydrogens (tertiary/aromatic N) is 1. The number of aryl methyl sites for hydroxylation is 1. The number of pyridine rings is 1. The number of amides is 1. The van der Waals surface area contributed by atoms with E-state index in [4.69, 9.17) is 12.2 Å². The number of thiocarbonyl (C=S) groups is 1. The molecule has 1 aromatic heterocycles. The molecule has 0 bridgehead atoms. The summed E-state index contributed by atoms with van der Waals surface area (Å²) in [7, 11) is 0. The second kappa shape index (κ2) is 6.43. The number of carbonyl (C=O) groups excluding carboxylic acids is 1. The molecular formula is C20H14N2OS2. The summed E-state index contributed by atoms with van der Waals surface area (Å²) in [4.78, 5) is 16.9. The minimum Gasteiger partial charge on any atom is -0.307 e. The number of aromatic nitrogens is 1. The highest BCUT2D eigenvalue weighted by atomic mass is 32.2. The lowest BCUT2D eigenvalue weighted by Gasteiger charge is -2.09. The third-order valence-electron chi connectivity index (χ3n) is 4.09. The van der Waals surface area contributed by atoms with E-state index < -0.39 is 0 Å². The van der Waals surface area contributed by atoms with E-state index in [2.05, 4.69) is 47.6 Å². The molecule has 1 saturated heterocycles. The number of carbonyl (C=O) groups is 1. The van der Waals surface area contributed by atoms with Gasteiger partial charge in [0.25, 0.3) is 5.91 Å². The number of benzene rings is 2. The maximum absolute atomic E-state index is 11.8. The van der Waals surface area contributed by atoms with Crippen LogP contribution in [0.25, 0.3) is 28.1 Å². The van der Waals surface area contributed by atoms with E-state index in [1.807, 2.05) is 30.5 Å². The molecule has 3 nitrogen and oxygen atoms in total. The Kier molecular flexibility index (Phi) is 4.11. The zero-order valence-electron chi connectivity index (χ0n) is 13.4. The molecule has 0 radical (unpaired) electrons. The van der Waals surface area contributed by atoms with E-state index in [9.17, 15) is 4.79 Å². The molecule has 4 rings (SSSR count). The zero-order chi connectivity index (χ0) is 17.4. The largest absolute Gasteiger partial charge is 0.307 e. The summed E-state index contributed by atoms with van der Waals surface area (Å²) >= 11 is 6.34. The van der Waals surface area contributed by atoms with Gasteiger partial charge in [0.2, 0.25) is 0 Å². The Bertz CT molecular complexity index is 1060. The first-order valence-corrected chi connectivity index (χ1v) is 9.03. The third-order valence-corrected chi connectivity index (χ3v) is 5.25. The van der Waals surface area contributed by atoms with Gasteiger partial charge in [-0.3, -0.25) is 9.78 Å². The van der Waals surface area contributed by atoms with Gasteiger partial charge < -0.3 is 5.32 Å². The topological polar surface area (TPSA) is 42.0 Å². The minimum absolute atomic E-state index is 0.131. The molecule has 0 saturated carbocycles. The number of thioether (sulfide) groups is 1. The van der Waals surface area contributed by atoms with Crippen LogP contribution in [0.3, 0.4) is 0 Å². The SMILES string of the molecule is Cc1cc2ncccc2cc1-c1cccc(C=C2SC(=S)NC2=O)c1. The summed E-state index contributed by atoms with van der Waals surface area (Å²) in [5.74, 6) is -0.131. The maximum Gasteiger partial charge on any atom is 0.263 e. The fourth-order valence-electron chi connectivity index (χ4n) is 2.90. The molecule has 122 valence electrons. The Labute approximate surface area is 155 Å². The number of rotatable bonds is 2. The maximum atomic E-state index is 11.8. The van der Waals surface area contributed by atoms with E-state index in [0.717, 1.165) is 22.0 Å². The van der Waals surface area contributed by atoms with Crippen molar-refractivity contribution in [2.75, 3.05) is 0 Å². The first-order chi connectivity index (χ1) is 12.1. The van der Waals surface area contributed by atoms with Crippen LogP contribution in [-0.2, 0) is 4.79 Å². The van der Waals surface area contributed by atoms with E-state index in [-0.39, 0.29) is 5.91 Å². The molecule has 5 heteroatoms. The van der Waals surface area contributed by atoms with Gasteiger partial charge in [-0.25, -0.2) is 0 Å². The Morgan fingerprint density at radius 2 is 2.04 bits per heavy atom. The standard InChI is InChI=1S/C20H14N2OS2/c1-12-8-17-15(6-3-7-21-17)11-16(12)14-5-2-4-13(9-14)10-18-19(23)22-20(24)25-18/h2-11H,1H3,(H,22,23,24). The number of nitrogens with one attached hydrogen (secondary N) is 1. The highest BCUT2D eigenvalue weighted by Gasteiger charge is 2.21. The highest BCUT2D eigenvalue weighted by molar-refractivity contribution is 8.26. The number of hydrogen-bond donors (Lipinski definition) is 1. The van der Waals surface area contributed by atoms with Crippen LogP contribution in [0.2, 0.25) is 0 Å². The Morgan fingerprint density at radius 3 is 2.84 bits per heavy atom. The first-order valence-electron chi connectivity index (χ1n) is 7.81. The lowest BCUT2D eigenvalue weighted by molar-refractivity contribution is -0.115. The summed E-state index contributed by atoms with van der Waals surface area (Å²) in [5.41, 5.74) is 5.42. The first kappa shape index (κ1) is 16.0. The predicted molar refractivity (Wildman–Crippen MR) is 108 cm³/mol. The van der Waals surface area contributed by atoms with Gasteiger partial charge in [0.1, 0.15) is 4.32 Å². The fourth-order valence-corrected chi connectivity index (χ4v) is 3.95. The highest BCUT2D eigenvalue weighted by Crippen LogP contribution is 2.30. The normalized spacial score (nSPS) is 15.8. The minimum atomic E-state index is -0.131. The smallest absolute Gasteiger partial charge is 0.263 e. The summed E-state index contributed by atoms with van der Waals surface area (Å²) in [6, 6.07) is 16.4. The third kappa shape index (κ3) is 3.21. The zero-order valence-corrected chi connectivity index (χ0v) is 15.1. The monoisotopic (exact) mass is 362 g/mol. The molecule has 3 aromatic rings. The van der Waals surface area contributed by atoms with E-state index in [1.165, 1.54) is 22.9 Å². The van der Waals surface area contributed by atoms with Crippen molar-refractivity contribution in [2.24, 2.45) is 0 Å².